The van der Waals surface area contributed by atoms with E-state index in [4.69, 9.17) is 9.31 Å². The van der Waals surface area contributed by atoms with Gasteiger partial charge in [0.1, 0.15) is 0 Å². The van der Waals surface area contributed by atoms with Crippen LogP contribution in [0, 0.1) is 11.8 Å². The van der Waals surface area contributed by atoms with Gasteiger partial charge in [-0.15, -0.1) is 0 Å². The summed E-state index contributed by atoms with van der Waals surface area (Å²) < 4.78 is 12.2. The Labute approximate surface area is 193 Å². The van der Waals surface area contributed by atoms with E-state index in [0.717, 1.165) is 25.0 Å². The van der Waals surface area contributed by atoms with Crippen LogP contribution in [-0.2, 0) is 9.31 Å². The molecular formula is C28H47BO2. The average molecular weight is 426 g/mol. The molecule has 3 heteroatoms. The van der Waals surface area contributed by atoms with Crippen LogP contribution < -0.4 is 5.46 Å². The Hall–Kier alpha value is -0.795. The summed E-state index contributed by atoms with van der Waals surface area (Å²) in [6.45, 7) is 6.31. The highest BCUT2D eigenvalue weighted by molar-refractivity contribution is 6.61. The Balaban J connectivity index is 1.30. The van der Waals surface area contributed by atoms with Gasteiger partial charge in [0.15, 0.2) is 0 Å². The third kappa shape index (κ3) is 8.58. The van der Waals surface area contributed by atoms with Crippen LogP contribution in [0.5, 0.6) is 0 Å². The maximum absolute atomic E-state index is 6.10. The molecule has 0 N–H and O–H groups in total. The number of benzene rings is 1. The minimum absolute atomic E-state index is 0.163. The number of unbranched alkanes of at least 4 members (excludes halogenated alkanes) is 7. The second-order valence-electron chi connectivity index (χ2n) is 10.3. The van der Waals surface area contributed by atoms with Gasteiger partial charge in [0.05, 0.1) is 0 Å². The Bertz CT molecular complexity index is 571. The standard InChI is InChI=1S/C28H47BO2/c1-3-5-6-7-8-9-10-11-13-25-22-30-29(31-23-25)28-20-18-27(19-21-28)26-16-14-24(12-4-2)15-17-26/h18-21,24-26H,3-17,22-23H2,1-2H3. The Morgan fingerprint density at radius 3 is 1.90 bits per heavy atom. The van der Waals surface area contributed by atoms with Crippen LogP contribution >= 0.6 is 0 Å². The first-order valence-corrected chi connectivity index (χ1v) is 13.6. The monoisotopic (exact) mass is 426 g/mol. The third-order valence-corrected chi connectivity index (χ3v) is 7.66. The van der Waals surface area contributed by atoms with Gasteiger partial charge < -0.3 is 9.31 Å². The third-order valence-electron chi connectivity index (χ3n) is 7.66. The Morgan fingerprint density at radius 2 is 1.29 bits per heavy atom. The normalized spacial score (nSPS) is 22.7. The van der Waals surface area contributed by atoms with Crippen molar-refractivity contribution in [3.05, 3.63) is 29.8 Å². The molecule has 2 fully saturated rings. The van der Waals surface area contributed by atoms with E-state index in [9.17, 15) is 0 Å². The summed E-state index contributed by atoms with van der Waals surface area (Å²) >= 11 is 0. The zero-order valence-electron chi connectivity index (χ0n) is 20.5. The maximum Gasteiger partial charge on any atom is 0.493 e. The molecule has 3 rings (SSSR count). The van der Waals surface area contributed by atoms with Crippen LogP contribution in [-0.4, -0.2) is 20.3 Å². The largest absolute Gasteiger partial charge is 0.493 e. The summed E-state index contributed by atoms with van der Waals surface area (Å²) in [5.74, 6) is 2.31. The molecule has 1 saturated heterocycles. The highest BCUT2D eigenvalue weighted by atomic mass is 16.6. The van der Waals surface area contributed by atoms with Gasteiger partial charge >= 0.3 is 7.12 Å². The minimum atomic E-state index is -0.163. The fourth-order valence-electron chi connectivity index (χ4n) is 5.59. The molecule has 1 aromatic carbocycles. The van der Waals surface area contributed by atoms with E-state index in [1.54, 1.807) is 0 Å². The molecule has 0 aromatic heterocycles. The SMILES string of the molecule is CCCCCCCCCCC1COB(c2ccc(C3CCC(CCC)CC3)cc2)OC1. The van der Waals surface area contributed by atoms with Crippen LogP contribution in [0.3, 0.4) is 0 Å². The van der Waals surface area contributed by atoms with Crippen molar-refractivity contribution in [1.29, 1.82) is 0 Å². The van der Waals surface area contributed by atoms with E-state index in [0.29, 0.717) is 5.92 Å². The van der Waals surface area contributed by atoms with Crippen molar-refractivity contribution in [1.82, 2.24) is 0 Å². The van der Waals surface area contributed by atoms with Gasteiger partial charge in [-0.1, -0.05) is 102 Å². The fraction of sp³-hybridized carbons (Fsp3) is 0.786. The minimum Gasteiger partial charge on any atom is -0.407 e. The van der Waals surface area contributed by atoms with Crippen molar-refractivity contribution in [2.45, 2.75) is 116 Å². The summed E-state index contributed by atoms with van der Waals surface area (Å²) in [7, 11) is -0.163. The Kier molecular flexibility index (Phi) is 11.5. The molecule has 31 heavy (non-hydrogen) atoms. The zero-order chi connectivity index (χ0) is 21.7. The van der Waals surface area contributed by atoms with Crippen LogP contribution in [0.4, 0.5) is 0 Å². The molecular weight excluding hydrogens is 379 g/mol. The smallest absolute Gasteiger partial charge is 0.407 e. The number of rotatable bonds is 13. The van der Waals surface area contributed by atoms with Crippen molar-refractivity contribution >= 4 is 12.6 Å². The van der Waals surface area contributed by atoms with E-state index in [1.807, 2.05) is 0 Å². The highest BCUT2D eigenvalue weighted by Crippen LogP contribution is 2.37. The second kappa shape index (κ2) is 14.4. The molecule has 0 atom stereocenters. The predicted octanol–water partition coefficient (Wildman–Crippen LogP) is 7.65. The second-order valence-corrected chi connectivity index (χ2v) is 10.3. The predicted molar refractivity (Wildman–Crippen MR) is 134 cm³/mol. The van der Waals surface area contributed by atoms with Gasteiger partial charge in [-0.05, 0) is 55.0 Å². The first kappa shape index (κ1) is 24.8. The summed E-state index contributed by atoms with van der Waals surface area (Å²) in [6, 6.07) is 9.16. The van der Waals surface area contributed by atoms with E-state index in [2.05, 4.69) is 38.1 Å². The first-order chi connectivity index (χ1) is 15.3. The van der Waals surface area contributed by atoms with E-state index in [-0.39, 0.29) is 7.12 Å². The van der Waals surface area contributed by atoms with Crippen molar-refractivity contribution in [2.75, 3.05) is 13.2 Å². The van der Waals surface area contributed by atoms with Gasteiger partial charge in [0, 0.05) is 19.1 Å². The van der Waals surface area contributed by atoms with Crippen molar-refractivity contribution < 1.29 is 9.31 Å². The molecule has 0 radical (unpaired) electrons. The molecule has 2 nitrogen and oxygen atoms in total. The maximum atomic E-state index is 6.10. The summed E-state index contributed by atoms with van der Waals surface area (Å²) in [5.41, 5.74) is 2.70. The molecule has 2 aliphatic rings. The molecule has 1 saturated carbocycles. The van der Waals surface area contributed by atoms with E-state index < -0.39 is 0 Å². The zero-order valence-corrected chi connectivity index (χ0v) is 20.5. The quantitative estimate of drug-likeness (QED) is 0.238. The number of hydrogen-bond donors (Lipinski definition) is 0. The topological polar surface area (TPSA) is 18.5 Å². The summed E-state index contributed by atoms with van der Waals surface area (Å²) in [5, 5.41) is 0. The lowest BCUT2D eigenvalue weighted by Crippen LogP contribution is -2.44. The highest BCUT2D eigenvalue weighted by Gasteiger charge is 2.29. The molecule has 174 valence electrons. The van der Waals surface area contributed by atoms with E-state index in [1.165, 1.54) is 107 Å². The van der Waals surface area contributed by atoms with Crippen LogP contribution in [0.15, 0.2) is 24.3 Å². The van der Waals surface area contributed by atoms with Gasteiger partial charge in [0.2, 0.25) is 0 Å². The average Bonchev–Trinajstić information content (AvgIpc) is 2.82. The fourth-order valence-corrected chi connectivity index (χ4v) is 5.59. The lowest BCUT2D eigenvalue weighted by molar-refractivity contribution is 0.0810. The molecule has 1 aliphatic carbocycles. The van der Waals surface area contributed by atoms with Gasteiger partial charge in [-0.3, -0.25) is 0 Å². The van der Waals surface area contributed by atoms with Crippen LogP contribution in [0.2, 0.25) is 0 Å². The van der Waals surface area contributed by atoms with Crippen LogP contribution in [0.1, 0.15) is 122 Å². The molecule has 0 bridgehead atoms. The molecule has 0 unspecified atom stereocenters. The Morgan fingerprint density at radius 1 is 0.677 bits per heavy atom. The van der Waals surface area contributed by atoms with Crippen LogP contribution in [0.25, 0.3) is 0 Å². The van der Waals surface area contributed by atoms with Gasteiger partial charge in [0.25, 0.3) is 0 Å². The van der Waals surface area contributed by atoms with Gasteiger partial charge in [-0.25, -0.2) is 0 Å². The van der Waals surface area contributed by atoms with E-state index >= 15 is 0 Å². The van der Waals surface area contributed by atoms with Crippen molar-refractivity contribution in [2.24, 2.45) is 11.8 Å². The molecule has 1 aromatic rings. The lowest BCUT2D eigenvalue weighted by Gasteiger charge is -2.29. The van der Waals surface area contributed by atoms with Crippen molar-refractivity contribution in [3.63, 3.8) is 0 Å². The molecule has 0 amide bonds. The summed E-state index contributed by atoms with van der Waals surface area (Å²) in [4.78, 5) is 0. The molecule has 1 aliphatic heterocycles. The number of hydrogen-bond acceptors (Lipinski definition) is 2. The first-order valence-electron chi connectivity index (χ1n) is 13.6. The molecule has 0 spiro atoms. The van der Waals surface area contributed by atoms with Gasteiger partial charge in [-0.2, -0.15) is 0 Å². The van der Waals surface area contributed by atoms with Crippen molar-refractivity contribution in [3.8, 4) is 0 Å². The lowest BCUT2D eigenvalue weighted by atomic mass is 9.74. The summed E-state index contributed by atoms with van der Waals surface area (Å²) in [6.07, 6.45) is 20.6. The molecule has 1 heterocycles.